The molecule has 0 radical (unpaired) electrons. The standard InChI is InChI=1S/C12H24N2O/c1-3-5-10-14(11-6-7-11)12(15)8-9-13-4-2/h11,13H,3-10H2,1-2H3. The van der Waals surface area contributed by atoms with Crippen LogP contribution in [0.4, 0.5) is 0 Å². The molecule has 88 valence electrons. The number of rotatable bonds is 8. The molecule has 1 N–H and O–H groups in total. The van der Waals surface area contributed by atoms with E-state index in [1.54, 1.807) is 0 Å². The van der Waals surface area contributed by atoms with Gasteiger partial charge in [0.05, 0.1) is 0 Å². The minimum Gasteiger partial charge on any atom is -0.340 e. The highest BCUT2D eigenvalue weighted by Crippen LogP contribution is 2.27. The fourth-order valence-corrected chi connectivity index (χ4v) is 1.74. The van der Waals surface area contributed by atoms with E-state index in [4.69, 9.17) is 0 Å². The summed E-state index contributed by atoms with van der Waals surface area (Å²) in [7, 11) is 0. The van der Waals surface area contributed by atoms with Gasteiger partial charge in [-0.05, 0) is 25.8 Å². The Morgan fingerprint density at radius 1 is 1.40 bits per heavy atom. The zero-order valence-corrected chi connectivity index (χ0v) is 10.1. The van der Waals surface area contributed by atoms with Gasteiger partial charge in [-0.3, -0.25) is 4.79 Å². The molecule has 0 bridgehead atoms. The highest BCUT2D eigenvalue weighted by Gasteiger charge is 2.31. The van der Waals surface area contributed by atoms with Crippen LogP contribution in [0.5, 0.6) is 0 Å². The van der Waals surface area contributed by atoms with Crippen molar-refractivity contribution >= 4 is 5.91 Å². The predicted molar refractivity (Wildman–Crippen MR) is 62.8 cm³/mol. The zero-order chi connectivity index (χ0) is 11.1. The molecule has 0 aromatic rings. The number of hydrogen-bond acceptors (Lipinski definition) is 2. The number of carbonyl (C=O) groups is 1. The van der Waals surface area contributed by atoms with Crippen LogP contribution in [0.3, 0.4) is 0 Å². The summed E-state index contributed by atoms with van der Waals surface area (Å²) in [6.45, 7) is 6.98. The molecular weight excluding hydrogens is 188 g/mol. The molecule has 3 heteroatoms. The van der Waals surface area contributed by atoms with Crippen LogP contribution in [-0.2, 0) is 4.79 Å². The molecule has 0 atom stereocenters. The van der Waals surface area contributed by atoms with Gasteiger partial charge in [-0.25, -0.2) is 0 Å². The van der Waals surface area contributed by atoms with Gasteiger partial charge in [-0.1, -0.05) is 20.3 Å². The fourth-order valence-electron chi connectivity index (χ4n) is 1.74. The number of nitrogens with one attached hydrogen (secondary N) is 1. The molecular formula is C12H24N2O. The van der Waals surface area contributed by atoms with Crippen molar-refractivity contribution in [1.29, 1.82) is 0 Å². The molecule has 0 aliphatic heterocycles. The van der Waals surface area contributed by atoms with E-state index in [0.717, 1.165) is 26.1 Å². The Kier molecular flexibility index (Phi) is 5.69. The van der Waals surface area contributed by atoms with E-state index >= 15 is 0 Å². The third-order valence-corrected chi connectivity index (χ3v) is 2.83. The van der Waals surface area contributed by atoms with Gasteiger partial charge in [0.25, 0.3) is 0 Å². The average molecular weight is 212 g/mol. The highest BCUT2D eigenvalue weighted by molar-refractivity contribution is 5.77. The van der Waals surface area contributed by atoms with Gasteiger partial charge in [0.1, 0.15) is 0 Å². The topological polar surface area (TPSA) is 32.3 Å². The number of nitrogens with zero attached hydrogens (tertiary/aromatic N) is 1. The monoisotopic (exact) mass is 212 g/mol. The molecule has 0 saturated heterocycles. The number of carbonyl (C=O) groups excluding carboxylic acids is 1. The second-order valence-corrected chi connectivity index (χ2v) is 4.28. The lowest BCUT2D eigenvalue weighted by Gasteiger charge is -2.22. The summed E-state index contributed by atoms with van der Waals surface area (Å²) in [6, 6.07) is 0.575. The largest absolute Gasteiger partial charge is 0.340 e. The van der Waals surface area contributed by atoms with E-state index in [1.165, 1.54) is 19.3 Å². The predicted octanol–water partition coefficient (Wildman–Crippen LogP) is 1.78. The van der Waals surface area contributed by atoms with Gasteiger partial charge in [-0.2, -0.15) is 0 Å². The van der Waals surface area contributed by atoms with E-state index < -0.39 is 0 Å². The van der Waals surface area contributed by atoms with E-state index in [-0.39, 0.29) is 0 Å². The van der Waals surface area contributed by atoms with Crippen molar-refractivity contribution in [3.05, 3.63) is 0 Å². The summed E-state index contributed by atoms with van der Waals surface area (Å²) in [5.41, 5.74) is 0. The lowest BCUT2D eigenvalue weighted by Crippen LogP contribution is -2.35. The Labute approximate surface area is 93.2 Å². The minimum atomic E-state index is 0.340. The van der Waals surface area contributed by atoms with Crippen molar-refractivity contribution < 1.29 is 4.79 Å². The molecule has 3 nitrogen and oxygen atoms in total. The Hall–Kier alpha value is -0.570. The van der Waals surface area contributed by atoms with Gasteiger partial charge >= 0.3 is 0 Å². The lowest BCUT2D eigenvalue weighted by molar-refractivity contribution is -0.131. The number of unbranched alkanes of at least 4 members (excludes halogenated alkanes) is 1. The molecule has 1 aliphatic carbocycles. The average Bonchev–Trinajstić information content (AvgIpc) is 3.03. The molecule has 1 aliphatic rings. The van der Waals surface area contributed by atoms with Crippen LogP contribution in [0.25, 0.3) is 0 Å². The summed E-state index contributed by atoms with van der Waals surface area (Å²) in [6.07, 6.45) is 5.41. The second-order valence-electron chi connectivity index (χ2n) is 4.28. The zero-order valence-electron chi connectivity index (χ0n) is 10.1. The van der Waals surface area contributed by atoms with Gasteiger partial charge in [0, 0.05) is 25.6 Å². The third kappa shape index (κ3) is 4.65. The van der Waals surface area contributed by atoms with Crippen molar-refractivity contribution in [2.45, 2.75) is 52.0 Å². The molecule has 1 fully saturated rings. The normalized spacial score (nSPS) is 15.3. The van der Waals surface area contributed by atoms with Gasteiger partial charge < -0.3 is 10.2 Å². The summed E-state index contributed by atoms with van der Waals surface area (Å²) >= 11 is 0. The summed E-state index contributed by atoms with van der Waals surface area (Å²) in [5, 5.41) is 3.20. The maximum Gasteiger partial charge on any atom is 0.224 e. The summed E-state index contributed by atoms with van der Waals surface area (Å²) in [5.74, 6) is 0.340. The van der Waals surface area contributed by atoms with E-state index in [9.17, 15) is 4.79 Å². The minimum absolute atomic E-state index is 0.340. The maximum atomic E-state index is 11.9. The summed E-state index contributed by atoms with van der Waals surface area (Å²) < 4.78 is 0. The van der Waals surface area contributed by atoms with E-state index in [2.05, 4.69) is 24.1 Å². The van der Waals surface area contributed by atoms with Crippen molar-refractivity contribution in [2.75, 3.05) is 19.6 Å². The number of hydrogen-bond donors (Lipinski definition) is 1. The molecule has 1 saturated carbocycles. The molecule has 0 aromatic carbocycles. The second kappa shape index (κ2) is 6.83. The first kappa shape index (κ1) is 12.5. The molecule has 15 heavy (non-hydrogen) atoms. The van der Waals surface area contributed by atoms with E-state index in [0.29, 0.717) is 18.4 Å². The van der Waals surface area contributed by atoms with Crippen LogP contribution in [0.1, 0.15) is 46.0 Å². The van der Waals surface area contributed by atoms with Crippen LogP contribution in [0, 0.1) is 0 Å². The SMILES string of the molecule is CCCCN(C(=O)CCNCC)C1CC1. The Bertz CT molecular complexity index is 190. The Morgan fingerprint density at radius 3 is 2.67 bits per heavy atom. The van der Waals surface area contributed by atoms with Crippen molar-refractivity contribution in [3.63, 3.8) is 0 Å². The smallest absolute Gasteiger partial charge is 0.224 e. The van der Waals surface area contributed by atoms with Crippen LogP contribution >= 0.6 is 0 Å². The molecule has 0 aromatic heterocycles. The first-order valence-corrected chi connectivity index (χ1v) is 6.29. The van der Waals surface area contributed by atoms with Crippen LogP contribution in [0.15, 0.2) is 0 Å². The quantitative estimate of drug-likeness (QED) is 0.622. The molecule has 0 unspecified atom stereocenters. The van der Waals surface area contributed by atoms with Gasteiger partial charge in [0.15, 0.2) is 0 Å². The van der Waals surface area contributed by atoms with Gasteiger partial charge in [-0.15, -0.1) is 0 Å². The van der Waals surface area contributed by atoms with E-state index in [1.807, 2.05) is 0 Å². The lowest BCUT2D eigenvalue weighted by atomic mass is 10.2. The van der Waals surface area contributed by atoms with Gasteiger partial charge in [0.2, 0.25) is 5.91 Å². The molecule has 1 rings (SSSR count). The Morgan fingerprint density at radius 2 is 2.13 bits per heavy atom. The third-order valence-electron chi connectivity index (χ3n) is 2.83. The summed E-state index contributed by atoms with van der Waals surface area (Å²) in [4.78, 5) is 14.0. The fraction of sp³-hybridized carbons (Fsp3) is 0.917. The molecule has 0 heterocycles. The van der Waals surface area contributed by atoms with Crippen molar-refractivity contribution in [3.8, 4) is 0 Å². The first-order chi connectivity index (χ1) is 7.29. The van der Waals surface area contributed by atoms with Crippen LogP contribution < -0.4 is 5.32 Å². The first-order valence-electron chi connectivity index (χ1n) is 6.29. The molecule has 1 amide bonds. The van der Waals surface area contributed by atoms with Crippen molar-refractivity contribution in [1.82, 2.24) is 10.2 Å². The Balaban J connectivity index is 2.24. The maximum absolute atomic E-state index is 11.9. The van der Waals surface area contributed by atoms with Crippen LogP contribution in [-0.4, -0.2) is 36.5 Å². The molecule has 0 spiro atoms. The van der Waals surface area contributed by atoms with Crippen molar-refractivity contribution in [2.24, 2.45) is 0 Å². The highest BCUT2D eigenvalue weighted by atomic mass is 16.2. The number of amides is 1. The van der Waals surface area contributed by atoms with Crippen LogP contribution in [0.2, 0.25) is 0 Å².